The van der Waals surface area contributed by atoms with Crippen molar-refractivity contribution in [3.63, 3.8) is 0 Å². The van der Waals surface area contributed by atoms with Crippen LogP contribution < -0.4 is 12.4 Å². The summed E-state index contributed by atoms with van der Waals surface area (Å²) in [4.78, 5) is 10.3. The van der Waals surface area contributed by atoms with E-state index < -0.39 is 12.1 Å². The average Bonchev–Trinajstić information content (AvgIpc) is 1.82. The zero-order chi connectivity index (χ0) is 9.94. The van der Waals surface area contributed by atoms with Crippen molar-refractivity contribution in [3.8, 4) is 0 Å². The van der Waals surface area contributed by atoms with E-state index in [0.29, 0.717) is 4.48 Å². The van der Waals surface area contributed by atoms with Crippen molar-refractivity contribution in [2.24, 2.45) is 0 Å². The van der Waals surface area contributed by atoms with Crippen LogP contribution in [0.2, 0.25) is 0 Å². The largest absolute Gasteiger partial charge is 1.00 e. The Morgan fingerprint density at radius 1 is 1.38 bits per heavy atom. The molecule has 0 saturated carbocycles. The number of rotatable bonds is 4. The van der Waals surface area contributed by atoms with Gasteiger partial charge < -0.3 is 27.1 Å². The molecule has 4 nitrogen and oxygen atoms in total. The summed E-state index contributed by atoms with van der Waals surface area (Å²) in [6.07, 6.45) is -0.959. The molecular weight excluding hydrogens is 194 g/mol. The van der Waals surface area contributed by atoms with Crippen LogP contribution in [0.5, 0.6) is 0 Å². The van der Waals surface area contributed by atoms with Crippen molar-refractivity contribution < 1.29 is 31.9 Å². The lowest BCUT2D eigenvalue weighted by atomic mass is 10.1. The van der Waals surface area contributed by atoms with Gasteiger partial charge in [0.15, 0.2) is 0 Å². The van der Waals surface area contributed by atoms with Gasteiger partial charge in [-0.2, -0.15) is 0 Å². The standard InChI is InChI=1S/C8H17NO3.ClH/c1-6(9(2,3)4)7(10)5-8(11)12;/h6-7,10H,5H2,1-4H3;1H/t6?,7-;/m0./s1. The molecule has 0 aliphatic carbocycles. The van der Waals surface area contributed by atoms with Crippen LogP contribution in [0.15, 0.2) is 0 Å². The monoisotopic (exact) mass is 211 g/mol. The summed E-state index contributed by atoms with van der Waals surface area (Å²) in [6, 6.07) is -0.0684. The Kier molecular flexibility index (Phi) is 6.32. The number of hydrogen-bond acceptors (Lipinski definition) is 2. The summed E-state index contributed by atoms with van der Waals surface area (Å²) >= 11 is 0. The minimum absolute atomic E-state index is 0. The van der Waals surface area contributed by atoms with Crippen LogP contribution in [0.1, 0.15) is 13.3 Å². The van der Waals surface area contributed by atoms with Gasteiger partial charge in [0, 0.05) is 0 Å². The topological polar surface area (TPSA) is 57.5 Å². The zero-order valence-electron chi connectivity index (χ0n) is 8.49. The van der Waals surface area contributed by atoms with Gasteiger partial charge >= 0.3 is 5.97 Å². The number of carbonyl (C=O) groups is 1. The van der Waals surface area contributed by atoms with Crippen LogP contribution in [0.25, 0.3) is 0 Å². The van der Waals surface area contributed by atoms with Gasteiger partial charge in [-0.1, -0.05) is 0 Å². The first-order valence-corrected chi connectivity index (χ1v) is 3.96. The maximum absolute atomic E-state index is 10.3. The van der Waals surface area contributed by atoms with E-state index in [9.17, 15) is 9.90 Å². The minimum atomic E-state index is -0.956. The molecule has 2 atom stereocenters. The average molecular weight is 212 g/mol. The molecule has 13 heavy (non-hydrogen) atoms. The lowest BCUT2D eigenvalue weighted by Crippen LogP contribution is -3.00. The second-order valence-corrected chi connectivity index (χ2v) is 4.02. The first-order chi connectivity index (χ1) is 5.25. The molecule has 0 aliphatic heterocycles. The van der Waals surface area contributed by atoms with E-state index in [1.54, 1.807) is 0 Å². The number of aliphatic carboxylic acids is 1. The van der Waals surface area contributed by atoms with Crippen molar-refractivity contribution in [2.45, 2.75) is 25.5 Å². The number of aliphatic hydroxyl groups is 1. The summed E-state index contributed by atoms with van der Waals surface area (Å²) in [5.74, 6) is -0.956. The third-order valence-electron chi connectivity index (χ3n) is 2.16. The van der Waals surface area contributed by atoms with Gasteiger partial charge in [-0.3, -0.25) is 4.79 Å². The fourth-order valence-electron chi connectivity index (χ4n) is 0.866. The maximum atomic E-state index is 10.3. The number of likely N-dealkylation sites (N-methyl/N-ethyl adjacent to an activating group) is 1. The van der Waals surface area contributed by atoms with Crippen LogP contribution in [0.4, 0.5) is 0 Å². The van der Waals surface area contributed by atoms with Crippen LogP contribution in [-0.2, 0) is 4.79 Å². The number of carboxylic acid groups (broad SMARTS) is 1. The molecule has 0 fully saturated rings. The molecule has 0 aromatic rings. The summed E-state index contributed by atoms with van der Waals surface area (Å²) < 4.78 is 0.564. The molecule has 0 aliphatic rings. The minimum Gasteiger partial charge on any atom is -1.00 e. The van der Waals surface area contributed by atoms with Gasteiger partial charge in [-0.15, -0.1) is 0 Å². The summed E-state index contributed by atoms with van der Waals surface area (Å²) in [5, 5.41) is 17.9. The van der Waals surface area contributed by atoms with Crippen molar-refractivity contribution in [1.29, 1.82) is 0 Å². The van der Waals surface area contributed by atoms with Crippen molar-refractivity contribution >= 4 is 5.97 Å². The quantitative estimate of drug-likeness (QED) is 0.485. The van der Waals surface area contributed by atoms with E-state index in [0.717, 1.165) is 0 Å². The van der Waals surface area contributed by atoms with Crippen LogP contribution in [0.3, 0.4) is 0 Å². The van der Waals surface area contributed by atoms with Crippen LogP contribution in [-0.4, -0.2) is 54.0 Å². The van der Waals surface area contributed by atoms with Gasteiger partial charge in [0.2, 0.25) is 0 Å². The molecule has 0 bridgehead atoms. The highest BCUT2D eigenvalue weighted by Crippen LogP contribution is 2.09. The SMILES string of the molecule is CC([C@@H](O)CC(=O)O)[N+](C)(C)C.[Cl-]. The molecule has 1 unspecified atom stereocenters. The molecule has 0 aromatic heterocycles. The molecule has 0 saturated heterocycles. The molecule has 5 heteroatoms. The maximum Gasteiger partial charge on any atom is 0.306 e. The Labute approximate surface area is 85.2 Å². The Hall–Kier alpha value is -0.320. The fraction of sp³-hybridized carbons (Fsp3) is 0.875. The molecule has 0 heterocycles. The molecule has 0 radical (unpaired) electrons. The van der Waals surface area contributed by atoms with E-state index in [1.807, 2.05) is 28.1 Å². The number of nitrogens with zero attached hydrogens (tertiary/aromatic N) is 1. The van der Waals surface area contributed by atoms with Gasteiger partial charge in [0.05, 0.1) is 27.6 Å². The van der Waals surface area contributed by atoms with Crippen molar-refractivity contribution in [3.05, 3.63) is 0 Å². The van der Waals surface area contributed by atoms with E-state index in [2.05, 4.69) is 0 Å². The number of quaternary nitrogens is 1. The normalized spacial score (nSPS) is 15.8. The highest BCUT2D eigenvalue weighted by atomic mass is 35.5. The van der Waals surface area contributed by atoms with Crippen LogP contribution in [0, 0.1) is 0 Å². The van der Waals surface area contributed by atoms with E-state index >= 15 is 0 Å². The third kappa shape index (κ3) is 5.85. The second-order valence-electron chi connectivity index (χ2n) is 4.02. The van der Waals surface area contributed by atoms with E-state index in [1.165, 1.54) is 0 Å². The van der Waals surface area contributed by atoms with Gasteiger partial charge in [0.25, 0.3) is 0 Å². The fourth-order valence-corrected chi connectivity index (χ4v) is 0.866. The predicted molar refractivity (Wildman–Crippen MR) is 45.8 cm³/mol. The Morgan fingerprint density at radius 2 is 1.77 bits per heavy atom. The van der Waals surface area contributed by atoms with Gasteiger partial charge in [0.1, 0.15) is 12.1 Å². The molecule has 0 amide bonds. The Bertz CT molecular complexity index is 167. The number of halogens is 1. The lowest BCUT2D eigenvalue weighted by molar-refractivity contribution is -0.897. The molecule has 2 N–H and O–H groups in total. The van der Waals surface area contributed by atoms with Crippen molar-refractivity contribution in [1.82, 2.24) is 0 Å². The molecule has 0 rings (SSSR count). The van der Waals surface area contributed by atoms with E-state index in [4.69, 9.17) is 5.11 Å². The Balaban J connectivity index is 0. The third-order valence-corrected chi connectivity index (χ3v) is 2.16. The summed E-state index contributed by atoms with van der Waals surface area (Å²) in [5.41, 5.74) is 0. The van der Waals surface area contributed by atoms with Crippen molar-refractivity contribution in [2.75, 3.05) is 21.1 Å². The highest BCUT2D eigenvalue weighted by Gasteiger charge is 2.28. The number of aliphatic hydroxyl groups excluding tert-OH is 1. The molecule has 0 aromatic carbocycles. The molecule has 0 spiro atoms. The highest BCUT2D eigenvalue weighted by molar-refractivity contribution is 5.67. The molecule has 80 valence electrons. The van der Waals surface area contributed by atoms with Gasteiger partial charge in [-0.25, -0.2) is 0 Å². The number of carboxylic acids is 1. The smallest absolute Gasteiger partial charge is 0.306 e. The van der Waals surface area contributed by atoms with Gasteiger partial charge in [-0.05, 0) is 6.92 Å². The summed E-state index contributed by atoms with van der Waals surface area (Å²) in [6.45, 7) is 1.84. The first-order valence-electron chi connectivity index (χ1n) is 3.96. The lowest BCUT2D eigenvalue weighted by Gasteiger charge is -2.34. The first kappa shape index (κ1) is 15.2. The Morgan fingerprint density at radius 3 is 2.00 bits per heavy atom. The molecular formula is C8H18ClNO3. The summed E-state index contributed by atoms with van der Waals surface area (Å²) in [7, 11) is 5.78. The zero-order valence-corrected chi connectivity index (χ0v) is 9.25. The number of hydrogen-bond donors (Lipinski definition) is 2. The van der Waals surface area contributed by atoms with Crippen LogP contribution >= 0.6 is 0 Å². The second kappa shape index (κ2) is 5.42. The van der Waals surface area contributed by atoms with E-state index in [-0.39, 0.29) is 24.9 Å². The predicted octanol–water partition coefficient (Wildman–Crippen LogP) is -3.08.